The van der Waals surface area contributed by atoms with Gasteiger partial charge in [-0.3, -0.25) is 0 Å². The van der Waals surface area contributed by atoms with Crippen molar-refractivity contribution in [2.75, 3.05) is 0 Å². The lowest BCUT2D eigenvalue weighted by Crippen LogP contribution is -2.29. The van der Waals surface area contributed by atoms with Crippen LogP contribution in [0.3, 0.4) is 0 Å². The zero-order valence-corrected chi connectivity index (χ0v) is 10.7. The molecule has 0 aliphatic heterocycles. The fourth-order valence-electron chi connectivity index (χ4n) is 2.49. The number of ether oxygens (including phenoxy) is 1. The fourth-order valence-corrected chi connectivity index (χ4v) is 2.49. The monoisotopic (exact) mass is 274 g/mol. The normalized spacial score (nSPS) is 19.6. The van der Waals surface area contributed by atoms with Gasteiger partial charge in [-0.2, -0.15) is 0 Å². The Morgan fingerprint density at radius 3 is 2.42 bits per heavy atom. The molecule has 1 N–H and O–H groups in total. The molecule has 1 aromatic rings. The molecule has 2 rings (SSSR count). The molecule has 0 aromatic heterocycles. The van der Waals surface area contributed by atoms with Gasteiger partial charge in [0.25, 0.3) is 0 Å². The summed E-state index contributed by atoms with van der Waals surface area (Å²) in [5, 5.41) is 10.5. The zero-order chi connectivity index (χ0) is 14.1. The van der Waals surface area contributed by atoms with Crippen molar-refractivity contribution in [3.63, 3.8) is 0 Å². The van der Waals surface area contributed by atoms with Gasteiger partial charge in [-0.05, 0) is 25.3 Å². The Hall–Kier alpha value is -1.23. The van der Waals surface area contributed by atoms with E-state index in [1.807, 2.05) is 0 Å². The molecule has 0 spiro atoms. The van der Waals surface area contributed by atoms with E-state index in [2.05, 4.69) is 4.74 Å². The molecule has 1 atom stereocenters. The Balaban J connectivity index is 2.22. The van der Waals surface area contributed by atoms with Crippen LogP contribution in [0.15, 0.2) is 24.3 Å². The second-order valence-electron chi connectivity index (χ2n) is 5.32. The number of aliphatic hydroxyl groups is 1. The van der Waals surface area contributed by atoms with Crippen LogP contribution in [0, 0.1) is 5.92 Å². The number of hydrogen-bond donors (Lipinski definition) is 1. The number of rotatable bonds is 4. The van der Waals surface area contributed by atoms with Crippen molar-refractivity contribution in [2.24, 2.45) is 5.92 Å². The van der Waals surface area contributed by atoms with E-state index in [1.54, 1.807) is 13.0 Å². The predicted octanol–water partition coefficient (Wildman–Crippen LogP) is 3.98. The van der Waals surface area contributed by atoms with E-state index in [0.29, 0.717) is 12.3 Å². The number of para-hydroxylation sites is 1. The summed E-state index contributed by atoms with van der Waals surface area (Å²) in [7, 11) is 0. The van der Waals surface area contributed by atoms with E-state index in [-0.39, 0.29) is 11.3 Å². The van der Waals surface area contributed by atoms with Crippen LogP contribution in [0.2, 0.25) is 0 Å². The van der Waals surface area contributed by atoms with Gasteiger partial charge in [0.2, 0.25) is 0 Å². The van der Waals surface area contributed by atoms with Crippen LogP contribution in [0.4, 0.5) is 13.2 Å². The van der Waals surface area contributed by atoms with E-state index in [9.17, 15) is 18.3 Å². The zero-order valence-electron chi connectivity index (χ0n) is 10.7. The summed E-state index contributed by atoms with van der Waals surface area (Å²) >= 11 is 0. The van der Waals surface area contributed by atoms with Gasteiger partial charge >= 0.3 is 6.36 Å². The molecule has 0 radical (unpaired) electrons. The van der Waals surface area contributed by atoms with Gasteiger partial charge in [0.1, 0.15) is 5.75 Å². The number of alkyl halides is 3. The Morgan fingerprint density at radius 2 is 1.89 bits per heavy atom. The van der Waals surface area contributed by atoms with Gasteiger partial charge in [0.15, 0.2) is 0 Å². The molecule has 0 amide bonds. The Morgan fingerprint density at radius 1 is 1.26 bits per heavy atom. The molecule has 19 heavy (non-hydrogen) atoms. The van der Waals surface area contributed by atoms with Crippen molar-refractivity contribution >= 4 is 0 Å². The molecular weight excluding hydrogens is 257 g/mol. The largest absolute Gasteiger partial charge is 0.573 e. The van der Waals surface area contributed by atoms with E-state index in [0.717, 1.165) is 19.3 Å². The van der Waals surface area contributed by atoms with E-state index >= 15 is 0 Å². The molecule has 1 aromatic carbocycles. The van der Waals surface area contributed by atoms with E-state index in [1.165, 1.54) is 18.2 Å². The Bertz CT molecular complexity index is 437. The minimum atomic E-state index is -4.75. The van der Waals surface area contributed by atoms with E-state index < -0.39 is 12.0 Å². The van der Waals surface area contributed by atoms with Crippen LogP contribution in [0.25, 0.3) is 0 Å². The van der Waals surface area contributed by atoms with Crippen LogP contribution in [0.1, 0.15) is 38.2 Å². The molecule has 0 bridgehead atoms. The molecule has 1 unspecified atom stereocenters. The molecule has 1 saturated carbocycles. The lowest BCUT2D eigenvalue weighted by atomic mass is 9.75. The highest BCUT2D eigenvalue weighted by atomic mass is 19.4. The molecule has 0 saturated heterocycles. The molecule has 0 heterocycles. The first-order valence-electron chi connectivity index (χ1n) is 6.35. The Labute approximate surface area is 110 Å². The summed E-state index contributed by atoms with van der Waals surface area (Å²) < 4.78 is 41.0. The van der Waals surface area contributed by atoms with E-state index in [4.69, 9.17) is 0 Å². The quantitative estimate of drug-likeness (QED) is 0.899. The van der Waals surface area contributed by atoms with Gasteiger partial charge in [0.05, 0.1) is 5.60 Å². The smallest absolute Gasteiger partial charge is 0.405 e. The van der Waals surface area contributed by atoms with Gasteiger partial charge in [-0.25, -0.2) is 0 Å². The average molecular weight is 274 g/mol. The molecule has 5 heteroatoms. The number of hydrogen-bond acceptors (Lipinski definition) is 2. The van der Waals surface area contributed by atoms with Crippen LogP contribution in [0.5, 0.6) is 5.75 Å². The van der Waals surface area contributed by atoms with Crippen LogP contribution in [-0.2, 0) is 5.60 Å². The SMILES string of the molecule is CC(O)(CC1CCC1)c1ccccc1OC(F)(F)F. The third-order valence-corrected chi connectivity index (χ3v) is 3.60. The third kappa shape index (κ3) is 3.62. The number of halogens is 3. The Kier molecular flexibility index (Phi) is 3.76. The summed E-state index contributed by atoms with van der Waals surface area (Å²) in [5.41, 5.74) is -1.10. The van der Waals surface area contributed by atoms with Crippen LogP contribution < -0.4 is 4.74 Å². The van der Waals surface area contributed by atoms with Crippen molar-refractivity contribution in [2.45, 2.75) is 44.6 Å². The summed E-state index contributed by atoms with van der Waals surface area (Å²) in [4.78, 5) is 0. The van der Waals surface area contributed by atoms with Crippen LogP contribution >= 0.6 is 0 Å². The van der Waals surface area contributed by atoms with Crippen molar-refractivity contribution in [1.82, 2.24) is 0 Å². The second kappa shape index (κ2) is 5.04. The minimum Gasteiger partial charge on any atom is -0.405 e. The molecule has 1 aliphatic rings. The molecule has 1 aliphatic carbocycles. The maximum atomic E-state index is 12.3. The van der Waals surface area contributed by atoms with Crippen molar-refractivity contribution in [3.8, 4) is 5.75 Å². The maximum absolute atomic E-state index is 12.3. The average Bonchev–Trinajstić information content (AvgIpc) is 2.22. The fraction of sp³-hybridized carbons (Fsp3) is 0.571. The molecule has 106 valence electrons. The lowest BCUT2D eigenvalue weighted by Gasteiger charge is -2.34. The second-order valence-corrected chi connectivity index (χ2v) is 5.32. The summed E-state index contributed by atoms with van der Waals surface area (Å²) in [6.45, 7) is 1.55. The van der Waals surface area contributed by atoms with Gasteiger partial charge in [-0.1, -0.05) is 37.5 Å². The highest BCUT2D eigenvalue weighted by molar-refractivity contribution is 5.37. The maximum Gasteiger partial charge on any atom is 0.573 e. The summed E-state index contributed by atoms with van der Waals surface area (Å²) in [5.74, 6) is 0.0632. The summed E-state index contributed by atoms with van der Waals surface area (Å²) in [6.07, 6.45) is -1.10. The first-order valence-corrected chi connectivity index (χ1v) is 6.35. The first-order chi connectivity index (χ1) is 8.78. The highest BCUT2D eigenvalue weighted by Gasteiger charge is 2.37. The molecule has 1 fully saturated rings. The minimum absolute atomic E-state index is 0.194. The molecular formula is C14H17F3O2. The standard InChI is InChI=1S/C14H17F3O2/c1-13(18,9-10-5-4-6-10)11-7-2-3-8-12(11)19-14(15,16)17/h2-3,7-8,10,18H,4-6,9H2,1H3. The number of benzene rings is 1. The van der Waals surface area contributed by atoms with Crippen molar-refractivity contribution < 1.29 is 23.0 Å². The van der Waals surface area contributed by atoms with Gasteiger partial charge < -0.3 is 9.84 Å². The van der Waals surface area contributed by atoms with Gasteiger partial charge in [-0.15, -0.1) is 13.2 Å². The first kappa shape index (κ1) is 14.2. The molecule has 2 nitrogen and oxygen atoms in total. The highest BCUT2D eigenvalue weighted by Crippen LogP contribution is 2.41. The predicted molar refractivity (Wildman–Crippen MR) is 64.7 cm³/mol. The lowest BCUT2D eigenvalue weighted by molar-refractivity contribution is -0.275. The van der Waals surface area contributed by atoms with Crippen LogP contribution in [-0.4, -0.2) is 11.5 Å². The summed E-state index contributed by atoms with van der Waals surface area (Å²) in [6, 6.07) is 5.79. The van der Waals surface area contributed by atoms with Crippen molar-refractivity contribution in [1.29, 1.82) is 0 Å². The third-order valence-electron chi connectivity index (χ3n) is 3.60. The topological polar surface area (TPSA) is 29.5 Å². The van der Waals surface area contributed by atoms with Crippen molar-refractivity contribution in [3.05, 3.63) is 29.8 Å². The van der Waals surface area contributed by atoms with Gasteiger partial charge in [0, 0.05) is 5.56 Å².